The number of benzene rings is 1. The summed E-state index contributed by atoms with van der Waals surface area (Å²) in [6.07, 6.45) is 2.21. The maximum atomic E-state index is 13.2. The van der Waals surface area contributed by atoms with Crippen molar-refractivity contribution in [1.82, 2.24) is 0 Å². The van der Waals surface area contributed by atoms with Gasteiger partial charge in [-0.1, -0.05) is 11.6 Å². The van der Waals surface area contributed by atoms with Crippen LogP contribution in [0.2, 0.25) is 5.02 Å². The van der Waals surface area contributed by atoms with Gasteiger partial charge in [0.1, 0.15) is 5.82 Å². The van der Waals surface area contributed by atoms with Crippen molar-refractivity contribution in [3.05, 3.63) is 34.1 Å². The molecule has 0 spiro atoms. The number of carbonyl (C=O) groups excluding carboxylic acids is 1. The molecule has 1 aromatic rings. The predicted octanol–water partition coefficient (Wildman–Crippen LogP) is 3.54. The fraction of sp³-hybridized carbons (Fsp3) is 0.462. The van der Waals surface area contributed by atoms with Crippen LogP contribution < -0.4 is 0 Å². The zero-order valence-electron chi connectivity index (χ0n) is 9.63. The van der Waals surface area contributed by atoms with Crippen LogP contribution in [0.15, 0.2) is 12.1 Å². The molecule has 0 radical (unpaired) electrons. The molecule has 92 valence electrons. The summed E-state index contributed by atoms with van der Waals surface area (Å²) in [6, 6.07) is 2.70. The highest BCUT2D eigenvalue weighted by Crippen LogP contribution is 2.24. The van der Waals surface area contributed by atoms with Gasteiger partial charge in [0.15, 0.2) is 5.78 Å². The van der Waals surface area contributed by atoms with E-state index < -0.39 is 0 Å². The maximum Gasteiger partial charge on any atom is 0.166 e. The van der Waals surface area contributed by atoms with Gasteiger partial charge < -0.3 is 4.74 Å². The Hall–Kier alpha value is -0.930. The van der Waals surface area contributed by atoms with Crippen molar-refractivity contribution >= 4 is 17.4 Å². The molecule has 1 heterocycles. The third kappa shape index (κ3) is 2.85. The lowest BCUT2D eigenvalue weighted by atomic mass is 10.0. The molecule has 2 rings (SSSR count). The number of ether oxygens (including phenoxy) is 1. The van der Waals surface area contributed by atoms with Gasteiger partial charge >= 0.3 is 0 Å². The van der Waals surface area contributed by atoms with Gasteiger partial charge in [0.2, 0.25) is 0 Å². The summed E-state index contributed by atoms with van der Waals surface area (Å²) in [7, 11) is 0. The number of hydrogen-bond acceptors (Lipinski definition) is 2. The molecule has 1 saturated heterocycles. The van der Waals surface area contributed by atoms with Crippen LogP contribution in [-0.2, 0) is 4.74 Å². The molecule has 0 saturated carbocycles. The Morgan fingerprint density at radius 1 is 1.59 bits per heavy atom. The molecule has 1 aliphatic heterocycles. The normalized spacial score (nSPS) is 19.6. The second-order valence-electron chi connectivity index (χ2n) is 4.34. The molecule has 2 nitrogen and oxygen atoms in total. The molecular formula is C13H14ClFO2. The van der Waals surface area contributed by atoms with Gasteiger partial charge in [-0.3, -0.25) is 4.79 Å². The smallest absolute Gasteiger partial charge is 0.166 e. The highest BCUT2D eigenvalue weighted by atomic mass is 35.5. The Balaban J connectivity index is 2.15. The molecule has 4 heteroatoms. The van der Waals surface area contributed by atoms with E-state index in [0.717, 1.165) is 12.8 Å². The summed E-state index contributed by atoms with van der Waals surface area (Å²) < 4.78 is 18.6. The lowest BCUT2D eigenvalue weighted by Gasteiger charge is -2.10. The standard InChI is InChI=1S/C13H14ClFO2/c1-8-5-10(11(14)7-12(8)15)13(16)6-9-3-2-4-17-9/h5,7,9H,2-4,6H2,1H3. The predicted molar refractivity (Wildman–Crippen MR) is 64.1 cm³/mol. The first-order valence-corrected chi connectivity index (χ1v) is 6.06. The van der Waals surface area contributed by atoms with Crippen LogP contribution in [0.5, 0.6) is 0 Å². The zero-order chi connectivity index (χ0) is 12.4. The van der Waals surface area contributed by atoms with Gasteiger partial charge in [0.25, 0.3) is 0 Å². The summed E-state index contributed by atoms with van der Waals surface area (Å²) in [5.74, 6) is -0.464. The van der Waals surface area contributed by atoms with E-state index in [1.165, 1.54) is 12.1 Å². The van der Waals surface area contributed by atoms with Crippen LogP contribution in [0.25, 0.3) is 0 Å². The Bertz CT molecular complexity index is 439. The van der Waals surface area contributed by atoms with Crippen molar-refractivity contribution in [3.63, 3.8) is 0 Å². The number of rotatable bonds is 3. The lowest BCUT2D eigenvalue weighted by Crippen LogP contribution is -2.13. The maximum absolute atomic E-state index is 13.2. The molecule has 1 aromatic carbocycles. The van der Waals surface area contributed by atoms with Crippen LogP contribution in [0, 0.1) is 12.7 Å². The topological polar surface area (TPSA) is 26.3 Å². The van der Waals surface area contributed by atoms with Gasteiger partial charge in [0.05, 0.1) is 11.1 Å². The molecule has 1 aliphatic rings. The van der Waals surface area contributed by atoms with Crippen LogP contribution in [0.3, 0.4) is 0 Å². The number of ketones is 1. The summed E-state index contributed by atoms with van der Waals surface area (Å²) in [5, 5.41) is 0.177. The number of halogens is 2. The van der Waals surface area contributed by atoms with E-state index in [1.54, 1.807) is 6.92 Å². The third-order valence-corrected chi connectivity index (χ3v) is 3.30. The minimum atomic E-state index is -0.385. The first kappa shape index (κ1) is 12.5. The Morgan fingerprint density at radius 3 is 3.00 bits per heavy atom. The average Bonchev–Trinajstić information content (AvgIpc) is 2.76. The molecular weight excluding hydrogens is 243 g/mol. The number of carbonyl (C=O) groups is 1. The zero-order valence-corrected chi connectivity index (χ0v) is 10.4. The van der Waals surface area contributed by atoms with Crippen molar-refractivity contribution < 1.29 is 13.9 Å². The first-order chi connectivity index (χ1) is 8.08. The Morgan fingerprint density at radius 2 is 2.35 bits per heavy atom. The van der Waals surface area contributed by atoms with Gasteiger partial charge in [-0.15, -0.1) is 0 Å². The van der Waals surface area contributed by atoms with Crippen molar-refractivity contribution in [2.24, 2.45) is 0 Å². The Labute approximate surface area is 105 Å². The molecule has 0 bridgehead atoms. The third-order valence-electron chi connectivity index (χ3n) is 2.99. The molecule has 1 fully saturated rings. The fourth-order valence-electron chi connectivity index (χ4n) is 1.99. The monoisotopic (exact) mass is 256 g/mol. The molecule has 0 aliphatic carbocycles. The summed E-state index contributed by atoms with van der Waals surface area (Å²) in [4.78, 5) is 12.0. The minimum Gasteiger partial charge on any atom is -0.378 e. The van der Waals surface area contributed by atoms with Crippen molar-refractivity contribution in [2.75, 3.05) is 6.61 Å². The summed E-state index contributed by atoms with van der Waals surface area (Å²) >= 11 is 5.88. The summed E-state index contributed by atoms with van der Waals surface area (Å²) in [5.41, 5.74) is 0.825. The highest BCUT2D eigenvalue weighted by Gasteiger charge is 2.21. The SMILES string of the molecule is Cc1cc(C(=O)CC2CCCO2)c(Cl)cc1F. The summed E-state index contributed by atoms with van der Waals surface area (Å²) in [6.45, 7) is 2.34. The minimum absolute atomic E-state index is 0.0103. The molecule has 1 atom stereocenters. The van der Waals surface area contributed by atoms with Crippen LogP contribution >= 0.6 is 11.6 Å². The van der Waals surface area contributed by atoms with E-state index in [2.05, 4.69) is 0 Å². The van der Waals surface area contributed by atoms with Crippen molar-refractivity contribution in [1.29, 1.82) is 0 Å². The van der Waals surface area contributed by atoms with Crippen LogP contribution in [0.4, 0.5) is 4.39 Å². The van der Waals surface area contributed by atoms with Crippen LogP contribution in [0.1, 0.15) is 35.2 Å². The molecule has 0 N–H and O–H groups in total. The number of aryl methyl sites for hydroxylation is 1. The highest BCUT2D eigenvalue weighted by molar-refractivity contribution is 6.34. The van der Waals surface area contributed by atoms with E-state index in [9.17, 15) is 9.18 Å². The lowest BCUT2D eigenvalue weighted by molar-refractivity contribution is 0.0775. The fourth-order valence-corrected chi connectivity index (χ4v) is 2.25. The second-order valence-corrected chi connectivity index (χ2v) is 4.75. The van der Waals surface area contributed by atoms with Gasteiger partial charge in [-0.05, 0) is 37.5 Å². The largest absolute Gasteiger partial charge is 0.378 e. The van der Waals surface area contributed by atoms with E-state index >= 15 is 0 Å². The van der Waals surface area contributed by atoms with Gasteiger partial charge in [-0.25, -0.2) is 4.39 Å². The van der Waals surface area contributed by atoms with Crippen molar-refractivity contribution in [3.8, 4) is 0 Å². The molecule has 1 unspecified atom stereocenters. The molecule has 0 aromatic heterocycles. The molecule has 17 heavy (non-hydrogen) atoms. The van der Waals surface area contributed by atoms with E-state index in [-0.39, 0.29) is 22.7 Å². The number of hydrogen-bond donors (Lipinski definition) is 0. The van der Waals surface area contributed by atoms with Gasteiger partial charge in [0, 0.05) is 18.6 Å². The Kier molecular flexibility index (Phi) is 3.79. The van der Waals surface area contributed by atoms with E-state index in [4.69, 9.17) is 16.3 Å². The molecule has 0 amide bonds. The quantitative estimate of drug-likeness (QED) is 0.774. The van der Waals surface area contributed by atoms with Crippen molar-refractivity contribution in [2.45, 2.75) is 32.3 Å². The van der Waals surface area contributed by atoms with Crippen LogP contribution in [-0.4, -0.2) is 18.5 Å². The second kappa shape index (κ2) is 5.15. The van der Waals surface area contributed by atoms with Gasteiger partial charge in [-0.2, -0.15) is 0 Å². The number of Topliss-reactive ketones (excluding diaryl/α,β-unsaturated/α-hetero) is 1. The average molecular weight is 257 g/mol. The van der Waals surface area contributed by atoms with E-state index in [1.807, 2.05) is 0 Å². The first-order valence-electron chi connectivity index (χ1n) is 5.68. The van der Waals surface area contributed by atoms with E-state index in [0.29, 0.717) is 24.2 Å².